The summed E-state index contributed by atoms with van der Waals surface area (Å²) in [4.78, 5) is 28.2. The zero-order chi connectivity index (χ0) is 28.5. The van der Waals surface area contributed by atoms with Crippen LogP contribution in [0.3, 0.4) is 0 Å². The summed E-state index contributed by atoms with van der Waals surface area (Å²) in [5.41, 5.74) is 1.97. The fraction of sp³-hybridized carbons (Fsp3) is 0.500. The van der Waals surface area contributed by atoms with Crippen molar-refractivity contribution in [3.05, 3.63) is 58.6 Å². The van der Waals surface area contributed by atoms with E-state index < -0.39 is 16.1 Å². The van der Waals surface area contributed by atoms with Crippen molar-refractivity contribution in [1.82, 2.24) is 10.2 Å². The van der Waals surface area contributed by atoms with Crippen molar-refractivity contribution in [2.45, 2.75) is 59.5 Å². The molecule has 0 aromatic heterocycles. The fourth-order valence-electron chi connectivity index (χ4n) is 4.16. The molecule has 10 heteroatoms. The largest absolute Gasteiger partial charge is 0.497 e. The highest BCUT2D eigenvalue weighted by molar-refractivity contribution is 7.92. The van der Waals surface area contributed by atoms with E-state index in [1.807, 2.05) is 45.0 Å². The lowest BCUT2D eigenvalue weighted by molar-refractivity contribution is -0.141. The van der Waals surface area contributed by atoms with Gasteiger partial charge in [0.25, 0.3) is 0 Å². The molecule has 0 heterocycles. The Morgan fingerprint density at radius 3 is 2.42 bits per heavy atom. The fourth-order valence-corrected chi connectivity index (χ4v) is 5.34. The molecule has 0 spiro atoms. The first-order valence-electron chi connectivity index (χ1n) is 12.8. The molecule has 0 aliphatic rings. The molecule has 0 unspecified atom stereocenters. The minimum atomic E-state index is -3.61. The molecule has 0 bridgehead atoms. The van der Waals surface area contributed by atoms with E-state index in [0.29, 0.717) is 35.0 Å². The average Bonchev–Trinajstić information content (AvgIpc) is 2.86. The minimum absolute atomic E-state index is 0.0730. The van der Waals surface area contributed by atoms with Gasteiger partial charge in [-0.15, -0.1) is 0 Å². The molecule has 2 rings (SSSR count). The summed E-state index contributed by atoms with van der Waals surface area (Å²) in [6.07, 6.45) is 1.92. The van der Waals surface area contributed by atoms with Crippen molar-refractivity contribution in [2.24, 2.45) is 5.92 Å². The molecule has 1 atom stereocenters. The summed E-state index contributed by atoms with van der Waals surface area (Å²) in [6, 6.07) is 11.8. The third-order valence-corrected chi connectivity index (χ3v) is 7.81. The number of methoxy groups -OCH3 is 1. The first-order chi connectivity index (χ1) is 17.9. The van der Waals surface area contributed by atoms with Crippen molar-refractivity contribution < 1.29 is 22.7 Å². The molecule has 0 saturated carbocycles. The van der Waals surface area contributed by atoms with E-state index in [0.717, 1.165) is 11.8 Å². The van der Waals surface area contributed by atoms with Gasteiger partial charge >= 0.3 is 0 Å². The summed E-state index contributed by atoms with van der Waals surface area (Å²) < 4.78 is 31.8. The number of nitrogens with one attached hydrogen (secondary N) is 1. The van der Waals surface area contributed by atoms with Gasteiger partial charge in [-0.05, 0) is 61.1 Å². The Morgan fingerprint density at radius 2 is 1.82 bits per heavy atom. The van der Waals surface area contributed by atoms with Crippen LogP contribution in [0.25, 0.3) is 0 Å². The molecule has 0 radical (unpaired) electrons. The van der Waals surface area contributed by atoms with Gasteiger partial charge in [0.15, 0.2) is 0 Å². The lowest BCUT2D eigenvalue weighted by Gasteiger charge is -2.31. The Bertz CT molecular complexity index is 1200. The van der Waals surface area contributed by atoms with Gasteiger partial charge in [0.05, 0.1) is 19.1 Å². The normalized spacial score (nSPS) is 12.2. The SMILES string of the molecule is CC[C@@H](C(=O)NCC(C)C)N(Cc1cccc(OC)c1)C(=O)CCCN(c1cccc(Cl)c1C)S(C)(=O)=O. The zero-order valence-electron chi connectivity index (χ0n) is 23.2. The molecule has 210 valence electrons. The van der Waals surface area contributed by atoms with Crippen LogP contribution in [0, 0.1) is 12.8 Å². The molecule has 0 saturated heterocycles. The first kappa shape index (κ1) is 31.4. The molecule has 0 aliphatic carbocycles. The van der Waals surface area contributed by atoms with E-state index in [-0.39, 0.29) is 43.7 Å². The van der Waals surface area contributed by atoms with Crippen LogP contribution in [0.5, 0.6) is 5.75 Å². The van der Waals surface area contributed by atoms with Gasteiger partial charge in [-0.1, -0.05) is 50.6 Å². The first-order valence-corrected chi connectivity index (χ1v) is 15.0. The lowest BCUT2D eigenvalue weighted by atomic mass is 10.1. The number of amides is 2. The number of halogens is 1. The Balaban J connectivity index is 2.26. The Kier molecular flexibility index (Phi) is 11.9. The van der Waals surface area contributed by atoms with Crippen LogP contribution in [-0.2, 0) is 26.2 Å². The highest BCUT2D eigenvalue weighted by Crippen LogP contribution is 2.28. The lowest BCUT2D eigenvalue weighted by Crippen LogP contribution is -2.49. The van der Waals surface area contributed by atoms with Crippen molar-refractivity contribution in [1.29, 1.82) is 0 Å². The van der Waals surface area contributed by atoms with Crippen LogP contribution in [-0.4, -0.2) is 57.6 Å². The number of nitrogens with zero attached hydrogens (tertiary/aromatic N) is 2. The second kappa shape index (κ2) is 14.4. The van der Waals surface area contributed by atoms with E-state index in [9.17, 15) is 18.0 Å². The monoisotopic (exact) mass is 565 g/mol. The summed E-state index contributed by atoms with van der Waals surface area (Å²) in [7, 11) is -2.04. The number of benzene rings is 2. The Hall–Kier alpha value is -2.78. The molecular weight excluding hydrogens is 526 g/mol. The van der Waals surface area contributed by atoms with Crippen molar-refractivity contribution in [3.8, 4) is 5.75 Å². The third-order valence-electron chi connectivity index (χ3n) is 6.22. The van der Waals surface area contributed by atoms with Crippen LogP contribution in [0.1, 0.15) is 51.2 Å². The van der Waals surface area contributed by atoms with Gasteiger partial charge in [0, 0.05) is 31.1 Å². The maximum Gasteiger partial charge on any atom is 0.242 e. The molecule has 38 heavy (non-hydrogen) atoms. The van der Waals surface area contributed by atoms with Crippen molar-refractivity contribution >= 4 is 39.1 Å². The molecule has 0 fully saturated rings. The molecule has 0 aliphatic heterocycles. The number of rotatable bonds is 14. The molecule has 2 aromatic rings. The molecule has 2 amide bonds. The highest BCUT2D eigenvalue weighted by Gasteiger charge is 2.29. The van der Waals surface area contributed by atoms with E-state index in [1.54, 1.807) is 37.1 Å². The average molecular weight is 566 g/mol. The van der Waals surface area contributed by atoms with Crippen molar-refractivity contribution in [2.75, 3.05) is 30.8 Å². The molecular formula is C28H40ClN3O5S. The summed E-state index contributed by atoms with van der Waals surface area (Å²) in [5, 5.41) is 3.41. The minimum Gasteiger partial charge on any atom is -0.497 e. The Morgan fingerprint density at radius 1 is 1.13 bits per heavy atom. The number of hydrogen-bond acceptors (Lipinski definition) is 5. The van der Waals surface area contributed by atoms with Crippen LogP contribution < -0.4 is 14.4 Å². The summed E-state index contributed by atoms with van der Waals surface area (Å²) >= 11 is 6.23. The highest BCUT2D eigenvalue weighted by atomic mass is 35.5. The van der Waals surface area contributed by atoms with Crippen LogP contribution in [0.2, 0.25) is 5.02 Å². The van der Waals surface area contributed by atoms with E-state index in [1.165, 1.54) is 4.31 Å². The zero-order valence-corrected chi connectivity index (χ0v) is 24.7. The van der Waals surface area contributed by atoms with Crippen LogP contribution in [0.4, 0.5) is 5.69 Å². The number of hydrogen-bond donors (Lipinski definition) is 1. The predicted molar refractivity (Wildman–Crippen MR) is 153 cm³/mol. The number of carbonyl (C=O) groups is 2. The standard InChI is InChI=1S/C28H40ClN3O5S/c1-7-25(28(34)30-18-20(2)3)31(19-22-11-8-12-23(17-22)37-5)27(33)15-10-16-32(38(6,35)36)26-14-9-13-24(29)21(26)4/h8-9,11-14,17,20,25H,7,10,15-16,18-19H2,1-6H3,(H,30,34)/t25-/m0/s1. The van der Waals surface area contributed by atoms with Gasteiger partial charge in [-0.25, -0.2) is 8.42 Å². The van der Waals surface area contributed by atoms with Gasteiger partial charge < -0.3 is 15.0 Å². The van der Waals surface area contributed by atoms with Crippen molar-refractivity contribution in [3.63, 3.8) is 0 Å². The maximum absolute atomic E-state index is 13.6. The number of sulfonamides is 1. The summed E-state index contributed by atoms with van der Waals surface area (Å²) in [6.45, 7) is 8.50. The van der Waals surface area contributed by atoms with Gasteiger partial charge in [-0.3, -0.25) is 13.9 Å². The van der Waals surface area contributed by atoms with Gasteiger partial charge in [0.1, 0.15) is 11.8 Å². The Labute approximate surface area is 232 Å². The van der Waals surface area contributed by atoms with E-state index in [4.69, 9.17) is 16.3 Å². The predicted octanol–water partition coefficient (Wildman–Crippen LogP) is 4.78. The summed E-state index contributed by atoms with van der Waals surface area (Å²) in [5.74, 6) is 0.504. The maximum atomic E-state index is 13.6. The van der Waals surface area contributed by atoms with Gasteiger partial charge in [-0.2, -0.15) is 0 Å². The topological polar surface area (TPSA) is 96.0 Å². The molecule has 8 nitrogen and oxygen atoms in total. The second-order valence-corrected chi connectivity index (χ2v) is 12.1. The quantitative estimate of drug-likeness (QED) is 0.355. The molecule has 1 N–H and O–H groups in total. The number of ether oxygens (including phenoxy) is 1. The second-order valence-electron chi connectivity index (χ2n) is 9.76. The van der Waals surface area contributed by atoms with Gasteiger partial charge in [0.2, 0.25) is 21.8 Å². The number of carbonyl (C=O) groups excluding carboxylic acids is 2. The van der Waals surface area contributed by atoms with E-state index in [2.05, 4.69) is 5.32 Å². The smallest absolute Gasteiger partial charge is 0.242 e. The van der Waals surface area contributed by atoms with E-state index >= 15 is 0 Å². The van der Waals surface area contributed by atoms with Crippen LogP contribution >= 0.6 is 11.6 Å². The molecule has 2 aromatic carbocycles. The van der Waals surface area contributed by atoms with Crippen LogP contribution in [0.15, 0.2) is 42.5 Å². The number of anilines is 1. The third kappa shape index (κ3) is 8.91.